The Hall–Kier alpha value is -2.56. The maximum Gasteiger partial charge on any atom is 0.407 e. The number of alkyl carbamates (subject to hydrolysis) is 1. The van der Waals surface area contributed by atoms with Crippen molar-refractivity contribution in [1.82, 2.24) is 10.3 Å². The summed E-state index contributed by atoms with van der Waals surface area (Å²) in [4.78, 5) is 15.7. The Kier molecular flexibility index (Phi) is 6.41. The van der Waals surface area contributed by atoms with E-state index in [2.05, 4.69) is 10.3 Å². The van der Waals surface area contributed by atoms with Gasteiger partial charge in [-0.2, -0.15) is 0 Å². The number of aromatic nitrogens is 1. The standard InChI is InChI=1S/C18H22N2O3/c1-3-23-18(21)20-13-16(11-14-5-4-10-19-12-14)15-6-8-17(22-2)9-7-15/h4-10,12,16H,3,11,13H2,1-2H3,(H,20,21). The normalized spacial score (nSPS) is 11.6. The highest BCUT2D eigenvalue weighted by molar-refractivity contribution is 5.67. The highest BCUT2D eigenvalue weighted by Gasteiger charge is 2.14. The van der Waals surface area contributed by atoms with Crippen LogP contribution in [0.1, 0.15) is 24.0 Å². The number of carbonyl (C=O) groups is 1. The molecule has 1 unspecified atom stereocenters. The Morgan fingerprint density at radius 1 is 1.26 bits per heavy atom. The number of amides is 1. The van der Waals surface area contributed by atoms with Crippen molar-refractivity contribution in [2.24, 2.45) is 0 Å². The van der Waals surface area contributed by atoms with Crippen molar-refractivity contribution >= 4 is 6.09 Å². The molecular formula is C18H22N2O3. The first-order valence-corrected chi connectivity index (χ1v) is 7.66. The maximum absolute atomic E-state index is 11.6. The summed E-state index contributed by atoms with van der Waals surface area (Å²) in [6, 6.07) is 11.8. The van der Waals surface area contributed by atoms with Crippen molar-refractivity contribution in [1.29, 1.82) is 0 Å². The first-order valence-electron chi connectivity index (χ1n) is 7.66. The van der Waals surface area contributed by atoms with Gasteiger partial charge in [-0.05, 0) is 42.7 Å². The van der Waals surface area contributed by atoms with Gasteiger partial charge >= 0.3 is 6.09 Å². The molecule has 1 heterocycles. The van der Waals surface area contributed by atoms with Crippen LogP contribution >= 0.6 is 0 Å². The Morgan fingerprint density at radius 3 is 2.65 bits per heavy atom. The van der Waals surface area contributed by atoms with E-state index in [4.69, 9.17) is 9.47 Å². The van der Waals surface area contributed by atoms with Crippen molar-refractivity contribution in [2.45, 2.75) is 19.3 Å². The van der Waals surface area contributed by atoms with E-state index in [1.165, 1.54) is 0 Å². The average Bonchev–Trinajstić information content (AvgIpc) is 2.60. The van der Waals surface area contributed by atoms with Gasteiger partial charge in [-0.1, -0.05) is 18.2 Å². The first-order chi connectivity index (χ1) is 11.2. The summed E-state index contributed by atoms with van der Waals surface area (Å²) in [7, 11) is 1.64. The minimum absolute atomic E-state index is 0.134. The molecule has 0 saturated carbocycles. The topological polar surface area (TPSA) is 60.5 Å². The third-order valence-corrected chi connectivity index (χ3v) is 3.56. The fourth-order valence-corrected chi connectivity index (χ4v) is 2.38. The summed E-state index contributed by atoms with van der Waals surface area (Å²) >= 11 is 0. The zero-order valence-corrected chi connectivity index (χ0v) is 13.5. The van der Waals surface area contributed by atoms with Crippen LogP contribution in [0.15, 0.2) is 48.8 Å². The molecule has 0 radical (unpaired) electrons. The monoisotopic (exact) mass is 314 g/mol. The molecule has 0 spiro atoms. The lowest BCUT2D eigenvalue weighted by Crippen LogP contribution is -2.29. The summed E-state index contributed by atoms with van der Waals surface area (Å²) in [6.45, 7) is 2.65. The third kappa shape index (κ3) is 5.29. The number of methoxy groups -OCH3 is 1. The number of benzene rings is 1. The van der Waals surface area contributed by atoms with Crippen molar-refractivity contribution in [2.75, 3.05) is 20.3 Å². The van der Waals surface area contributed by atoms with E-state index in [1.54, 1.807) is 20.2 Å². The maximum atomic E-state index is 11.6. The summed E-state index contributed by atoms with van der Waals surface area (Å²) in [6.07, 6.45) is 3.99. The molecule has 1 N–H and O–H groups in total. The molecule has 1 aromatic carbocycles. The van der Waals surface area contributed by atoms with Crippen LogP contribution < -0.4 is 10.1 Å². The predicted octanol–water partition coefficient (Wildman–Crippen LogP) is 3.16. The predicted molar refractivity (Wildman–Crippen MR) is 88.7 cm³/mol. The Morgan fingerprint density at radius 2 is 2.04 bits per heavy atom. The van der Waals surface area contributed by atoms with Gasteiger partial charge < -0.3 is 14.8 Å². The fourth-order valence-electron chi connectivity index (χ4n) is 2.38. The second-order valence-corrected chi connectivity index (χ2v) is 5.14. The number of ether oxygens (including phenoxy) is 2. The number of rotatable bonds is 7. The van der Waals surface area contributed by atoms with Gasteiger partial charge in [-0.15, -0.1) is 0 Å². The largest absolute Gasteiger partial charge is 0.497 e. The Bertz CT molecular complexity index is 599. The van der Waals surface area contributed by atoms with E-state index in [-0.39, 0.29) is 5.92 Å². The number of pyridine rings is 1. The molecule has 23 heavy (non-hydrogen) atoms. The van der Waals surface area contributed by atoms with Crippen LogP contribution in [0, 0.1) is 0 Å². The van der Waals surface area contributed by atoms with Crippen molar-refractivity contribution in [3.8, 4) is 5.75 Å². The van der Waals surface area contributed by atoms with Crippen molar-refractivity contribution in [3.63, 3.8) is 0 Å². The van der Waals surface area contributed by atoms with E-state index in [1.807, 2.05) is 42.6 Å². The second kappa shape index (κ2) is 8.78. The minimum atomic E-state index is -0.391. The molecule has 0 fully saturated rings. The van der Waals surface area contributed by atoms with Gasteiger partial charge in [0.1, 0.15) is 5.75 Å². The van der Waals surface area contributed by atoms with Crippen LogP contribution in [0.3, 0.4) is 0 Å². The van der Waals surface area contributed by atoms with Gasteiger partial charge in [0.25, 0.3) is 0 Å². The number of carbonyl (C=O) groups excluding carboxylic acids is 1. The molecule has 0 bridgehead atoms. The highest BCUT2D eigenvalue weighted by Crippen LogP contribution is 2.22. The summed E-state index contributed by atoms with van der Waals surface area (Å²) in [5.74, 6) is 0.946. The second-order valence-electron chi connectivity index (χ2n) is 5.14. The van der Waals surface area contributed by atoms with Gasteiger partial charge in [0.2, 0.25) is 0 Å². The van der Waals surface area contributed by atoms with E-state index in [0.29, 0.717) is 13.2 Å². The molecule has 1 amide bonds. The van der Waals surface area contributed by atoms with Crippen LogP contribution in [0.4, 0.5) is 4.79 Å². The number of nitrogens with one attached hydrogen (secondary N) is 1. The quantitative estimate of drug-likeness (QED) is 0.853. The summed E-state index contributed by atoms with van der Waals surface area (Å²) < 4.78 is 10.1. The average molecular weight is 314 g/mol. The van der Waals surface area contributed by atoms with E-state index in [0.717, 1.165) is 23.3 Å². The molecular weight excluding hydrogens is 292 g/mol. The van der Waals surface area contributed by atoms with Gasteiger partial charge in [0.15, 0.2) is 0 Å². The molecule has 0 aliphatic heterocycles. The summed E-state index contributed by atoms with van der Waals surface area (Å²) in [5.41, 5.74) is 2.26. The lowest BCUT2D eigenvalue weighted by Gasteiger charge is -2.18. The number of nitrogens with zero attached hydrogens (tertiary/aromatic N) is 1. The molecule has 122 valence electrons. The SMILES string of the molecule is CCOC(=O)NCC(Cc1cccnc1)c1ccc(OC)cc1. The van der Waals surface area contributed by atoms with E-state index < -0.39 is 6.09 Å². The van der Waals surface area contributed by atoms with E-state index in [9.17, 15) is 4.79 Å². The van der Waals surface area contributed by atoms with Crippen LogP contribution in [-0.4, -0.2) is 31.3 Å². The Labute approximate surface area is 136 Å². The lowest BCUT2D eigenvalue weighted by molar-refractivity contribution is 0.151. The Balaban J connectivity index is 2.10. The fraction of sp³-hybridized carbons (Fsp3) is 0.333. The molecule has 2 rings (SSSR count). The minimum Gasteiger partial charge on any atom is -0.497 e. The molecule has 2 aromatic rings. The summed E-state index contributed by atoms with van der Waals surface area (Å²) in [5, 5.41) is 2.82. The molecule has 1 aromatic heterocycles. The van der Waals surface area contributed by atoms with Crippen molar-refractivity contribution in [3.05, 3.63) is 59.9 Å². The van der Waals surface area contributed by atoms with Crippen LogP contribution in [-0.2, 0) is 11.2 Å². The zero-order chi connectivity index (χ0) is 16.5. The first kappa shape index (κ1) is 16.8. The van der Waals surface area contributed by atoms with Crippen LogP contribution in [0.2, 0.25) is 0 Å². The van der Waals surface area contributed by atoms with Gasteiger partial charge in [-0.25, -0.2) is 4.79 Å². The van der Waals surface area contributed by atoms with Gasteiger partial charge in [0, 0.05) is 24.9 Å². The smallest absolute Gasteiger partial charge is 0.407 e. The number of hydrogen-bond donors (Lipinski definition) is 1. The van der Waals surface area contributed by atoms with Gasteiger partial charge in [-0.3, -0.25) is 4.98 Å². The lowest BCUT2D eigenvalue weighted by atomic mass is 9.92. The number of hydrogen-bond acceptors (Lipinski definition) is 4. The third-order valence-electron chi connectivity index (χ3n) is 3.56. The molecule has 5 heteroatoms. The van der Waals surface area contributed by atoms with E-state index >= 15 is 0 Å². The zero-order valence-electron chi connectivity index (χ0n) is 13.5. The van der Waals surface area contributed by atoms with Crippen molar-refractivity contribution < 1.29 is 14.3 Å². The molecule has 0 aliphatic rings. The van der Waals surface area contributed by atoms with Crippen LogP contribution in [0.25, 0.3) is 0 Å². The molecule has 0 saturated heterocycles. The molecule has 0 aliphatic carbocycles. The molecule has 5 nitrogen and oxygen atoms in total. The molecule has 1 atom stereocenters. The van der Waals surface area contributed by atoms with Gasteiger partial charge in [0.05, 0.1) is 13.7 Å². The van der Waals surface area contributed by atoms with Crippen LogP contribution in [0.5, 0.6) is 5.75 Å². The highest BCUT2D eigenvalue weighted by atomic mass is 16.5.